The van der Waals surface area contributed by atoms with Crippen LogP contribution in [0.3, 0.4) is 0 Å². The van der Waals surface area contributed by atoms with Gasteiger partial charge in [0.25, 0.3) is 11.6 Å². The van der Waals surface area contributed by atoms with Gasteiger partial charge in [-0.3, -0.25) is 14.9 Å². The third-order valence-electron chi connectivity index (χ3n) is 4.36. The third kappa shape index (κ3) is 3.41. The summed E-state index contributed by atoms with van der Waals surface area (Å²) in [6, 6.07) is 11.9. The average Bonchev–Trinajstić information content (AvgIpc) is 3.38. The lowest BCUT2D eigenvalue weighted by atomic mass is 10.0. The van der Waals surface area contributed by atoms with Crippen LogP contribution in [0.2, 0.25) is 5.02 Å². The Morgan fingerprint density at radius 1 is 1.25 bits per heavy atom. The van der Waals surface area contributed by atoms with Gasteiger partial charge in [0.15, 0.2) is 0 Å². The number of rotatable bonds is 5. The Balaban J connectivity index is 1.86. The lowest BCUT2D eigenvalue weighted by molar-refractivity contribution is -0.385. The van der Waals surface area contributed by atoms with Crippen LogP contribution in [0.4, 0.5) is 5.69 Å². The maximum atomic E-state index is 12.7. The first-order chi connectivity index (χ1) is 11.5. The molecule has 3 rings (SSSR count). The fourth-order valence-electron chi connectivity index (χ4n) is 2.86. The number of amides is 1. The van der Waals surface area contributed by atoms with Crippen LogP contribution >= 0.6 is 11.6 Å². The first kappa shape index (κ1) is 16.5. The van der Waals surface area contributed by atoms with E-state index >= 15 is 0 Å². The van der Waals surface area contributed by atoms with E-state index in [4.69, 9.17) is 11.6 Å². The normalized spacial score (nSPS) is 14.9. The minimum absolute atomic E-state index is 0.0443. The highest BCUT2D eigenvalue weighted by Crippen LogP contribution is 2.41. The summed E-state index contributed by atoms with van der Waals surface area (Å²) in [5.41, 5.74) is 1.67. The van der Waals surface area contributed by atoms with Crippen LogP contribution in [0.5, 0.6) is 0 Å². The second kappa shape index (κ2) is 6.61. The second-order valence-electron chi connectivity index (χ2n) is 6.05. The predicted molar refractivity (Wildman–Crippen MR) is 92.2 cm³/mol. The monoisotopic (exact) mass is 344 g/mol. The number of carbonyl (C=O) groups excluding carboxylic acids is 1. The van der Waals surface area contributed by atoms with E-state index in [1.165, 1.54) is 12.1 Å². The van der Waals surface area contributed by atoms with Crippen LogP contribution in [0.25, 0.3) is 0 Å². The van der Waals surface area contributed by atoms with Crippen molar-refractivity contribution in [3.05, 3.63) is 74.3 Å². The molecule has 0 aromatic heterocycles. The molecule has 24 heavy (non-hydrogen) atoms. The smallest absolute Gasteiger partial charge is 0.273 e. The summed E-state index contributed by atoms with van der Waals surface area (Å²) in [6.07, 6.45) is 2.11. The van der Waals surface area contributed by atoms with Crippen LogP contribution in [0.15, 0.2) is 42.5 Å². The maximum Gasteiger partial charge on any atom is 0.273 e. The van der Waals surface area contributed by atoms with Gasteiger partial charge in [-0.2, -0.15) is 0 Å². The van der Waals surface area contributed by atoms with Gasteiger partial charge in [-0.1, -0.05) is 29.8 Å². The lowest BCUT2D eigenvalue weighted by Crippen LogP contribution is -2.30. The van der Waals surface area contributed by atoms with Crippen molar-refractivity contribution in [2.75, 3.05) is 0 Å². The number of hydrogen-bond acceptors (Lipinski definition) is 3. The Labute approximate surface area is 144 Å². The largest absolute Gasteiger partial charge is 0.345 e. The molecule has 0 bridgehead atoms. The zero-order chi connectivity index (χ0) is 17.3. The van der Waals surface area contributed by atoms with Gasteiger partial charge < -0.3 is 5.32 Å². The number of benzene rings is 2. The van der Waals surface area contributed by atoms with Gasteiger partial charge in [0.1, 0.15) is 0 Å². The Morgan fingerprint density at radius 3 is 2.50 bits per heavy atom. The van der Waals surface area contributed by atoms with Crippen molar-refractivity contribution in [3.8, 4) is 0 Å². The molecule has 5 nitrogen and oxygen atoms in total. The number of nitrogens with zero attached hydrogens (tertiary/aromatic N) is 1. The third-order valence-corrected chi connectivity index (χ3v) is 4.61. The standard InChI is InChI=1S/C18H17ClN2O3/c1-11-15(3-2-4-16(11)21(23)24)18(22)20-17(12-5-6-12)13-7-9-14(19)10-8-13/h2-4,7-10,12,17H,5-6H2,1H3,(H,20,22)/t17-/m0/s1. The summed E-state index contributed by atoms with van der Waals surface area (Å²) in [4.78, 5) is 23.2. The van der Waals surface area contributed by atoms with Crippen LogP contribution in [0.1, 0.15) is 40.4 Å². The molecule has 0 spiro atoms. The molecule has 2 aromatic rings. The zero-order valence-electron chi connectivity index (χ0n) is 13.2. The van der Waals surface area contributed by atoms with Gasteiger partial charge in [-0.05, 0) is 49.4 Å². The van der Waals surface area contributed by atoms with Gasteiger partial charge in [-0.25, -0.2) is 0 Å². The fraction of sp³-hybridized carbons (Fsp3) is 0.278. The molecule has 1 atom stereocenters. The van der Waals surface area contributed by atoms with Crippen molar-refractivity contribution in [2.24, 2.45) is 5.92 Å². The molecular weight excluding hydrogens is 328 g/mol. The van der Waals surface area contributed by atoms with Crippen molar-refractivity contribution in [2.45, 2.75) is 25.8 Å². The van der Waals surface area contributed by atoms with Crippen molar-refractivity contribution >= 4 is 23.2 Å². The number of nitrogens with one attached hydrogen (secondary N) is 1. The Bertz CT molecular complexity index is 785. The second-order valence-corrected chi connectivity index (χ2v) is 6.48. The van der Waals surface area contributed by atoms with E-state index in [1.54, 1.807) is 25.1 Å². The molecule has 0 heterocycles. The molecule has 0 saturated heterocycles. The predicted octanol–water partition coefficient (Wildman–Crippen LogP) is 4.44. The fourth-order valence-corrected chi connectivity index (χ4v) is 2.99. The molecule has 124 valence electrons. The topological polar surface area (TPSA) is 72.2 Å². The van der Waals surface area contributed by atoms with E-state index in [0.717, 1.165) is 18.4 Å². The molecule has 1 aliphatic carbocycles. The van der Waals surface area contributed by atoms with Gasteiger partial charge in [-0.15, -0.1) is 0 Å². The Hall–Kier alpha value is -2.40. The van der Waals surface area contributed by atoms with Crippen LogP contribution < -0.4 is 5.32 Å². The van der Waals surface area contributed by atoms with Crippen LogP contribution in [0, 0.1) is 23.0 Å². The lowest BCUT2D eigenvalue weighted by Gasteiger charge is -2.19. The summed E-state index contributed by atoms with van der Waals surface area (Å²) in [6.45, 7) is 1.60. The summed E-state index contributed by atoms with van der Waals surface area (Å²) >= 11 is 5.93. The highest BCUT2D eigenvalue weighted by Gasteiger charge is 2.34. The SMILES string of the molecule is Cc1c(C(=O)N[C@H](c2ccc(Cl)cc2)C2CC2)cccc1[N+](=O)[O-]. The van der Waals surface area contributed by atoms with E-state index in [0.29, 0.717) is 22.1 Å². The highest BCUT2D eigenvalue weighted by molar-refractivity contribution is 6.30. The summed E-state index contributed by atoms with van der Waals surface area (Å²) in [7, 11) is 0. The molecular formula is C18H17ClN2O3. The van der Waals surface area contributed by atoms with Crippen LogP contribution in [-0.2, 0) is 0 Å². The minimum Gasteiger partial charge on any atom is -0.345 e. The molecule has 6 heteroatoms. The van der Waals surface area contributed by atoms with Gasteiger partial charge >= 0.3 is 0 Å². The first-order valence-corrected chi connectivity index (χ1v) is 8.15. The number of halogens is 1. The molecule has 1 fully saturated rings. The molecule has 2 aromatic carbocycles. The van der Waals surface area contributed by atoms with E-state index in [9.17, 15) is 14.9 Å². The van der Waals surface area contributed by atoms with E-state index in [2.05, 4.69) is 5.32 Å². The quantitative estimate of drug-likeness (QED) is 0.643. The number of hydrogen-bond donors (Lipinski definition) is 1. The molecule has 1 saturated carbocycles. The molecule has 1 N–H and O–H groups in total. The molecule has 0 radical (unpaired) electrons. The van der Waals surface area contributed by atoms with E-state index in [1.807, 2.05) is 12.1 Å². The maximum absolute atomic E-state index is 12.7. The first-order valence-electron chi connectivity index (χ1n) is 7.77. The molecule has 0 aliphatic heterocycles. The van der Waals surface area contributed by atoms with Gasteiger partial charge in [0, 0.05) is 22.2 Å². The van der Waals surface area contributed by atoms with Gasteiger partial charge in [0.2, 0.25) is 0 Å². The minimum atomic E-state index is -0.469. The van der Waals surface area contributed by atoms with Crippen molar-refractivity contribution in [3.63, 3.8) is 0 Å². The summed E-state index contributed by atoms with van der Waals surface area (Å²) in [5.74, 6) is 0.108. The summed E-state index contributed by atoms with van der Waals surface area (Å²) < 4.78 is 0. The van der Waals surface area contributed by atoms with Crippen LogP contribution in [-0.4, -0.2) is 10.8 Å². The van der Waals surface area contributed by atoms with E-state index in [-0.39, 0.29) is 17.6 Å². The Kier molecular flexibility index (Phi) is 4.53. The average molecular weight is 345 g/mol. The van der Waals surface area contributed by atoms with Crippen molar-refractivity contribution in [1.82, 2.24) is 5.32 Å². The van der Waals surface area contributed by atoms with Crippen molar-refractivity contribution < 1.29 is 9.72 Å². The zero-order valence-corrected chi connectivity index (χ0v) is 13.9. The molecule has 1 aliphatic rings. The van der Waals surface area contributed by atoms with Gasteiger partial charge in [0.05, 0.1) is 11.0 Å². The number of nitro groups is 1. The van der Waals surface area contributed by atoms with Crippen molar-refractivity contribution in [1.29, 1.82) is 0 Å². The summed E-state index contributed by atoms with van der Waals surface area (Å²) in [5, 5.41) is 14.7. The number of carbonyl (C=O) groups is 1. The van der Waals surface area contributed by atoms with E-state index < -0.39 is 4.92 Å². The number of nitro benzene ring substituents is 1. The highest BCUT2D eigenvalue weighted by atomic mass is 35.5. The molecule has 0 unspecified atom stereocenters. The Morgan fingerprint density at radius 2 is 1.92 bits per heavy atom. The molecule has 1 amide bonds.